The van der Waals surface area contributed by atoms with Gasteiger partial charge in [-0.05, 0) is 18.6 Å². The SMILES string of the molecule is CCc1nn(C)c(CC(O)c2c(F)cccc2F)c1Cl. The number of nitrogens with zero attached hydrogens (tertiary/aromatic N) is 2. The van der Waals surface area contributed by atoms with Crippen LogP contribution in [0.1, 0.15) is 30.0 Å². The fourth-order valence-corrected chi connectivity index (χ4v) is 2.53. The largest absolute Gasteiger partial charge is 0.388 e. The fourth-order valence-electron chi connectivity index (χ4n) is 2.16. The number of benzene rings is 1. The maximum Gasteiger partial charge on any atom is 0.131 e. The van der Waals surface area contributed by atoms with Crippen LogP contribution in [0.25, 0.3) is 0 Å². The summed E-state index contributed by atoms with van der Waals surface area (Å²) in [6.45, 7) is 1.91. The Morgan fingerprint density at radius 2 is 1.95 bits per heavy atom. The molecule has 20 heavy (non-hydrogen) atoms. The Hall–Kier alpha value is -1.46. The van der Waals surface area contributed by atoms with Gasteiger partial charge in [0.2, 0.25) is 0 Å². The predicted molar refractivity (Wildman–Crippen MR) is 72.6 cm³/mol. The van der Waals surface area contributed by atoms with Crippen LogP contribution in [0, 0.1) is 11.6 Å². The van der Waals surface area contributed by atoms with Gasteiger partial charge in [-0.15, -0.1) is 0 Å². The van der Waals surface area contributed by atoms with Crippen molar-refractivity contribution in [2.24, 2.45) is 7.05 Å². The highest BCUT2D eigenvalue weighted by Gasteiger charge is 2.22. The average molecular weight is 301 g/mol. The highest BCUT2D eigenvalue weighted by atomic mass is 35.5. The smallest absolute Gasteiger partial charge is 0.131 e. The van der Waals surface area contributed by atoms with E-state index < -0.39 is 17.7 Å². The molecule has 0 saturated carbocycles. The second kappa shape index (κ2) is 5.89. The number of aromatic nitrogens is 2. The molecule has 0 bridgehead atoms. The number of aryl methyl sites for hydroxylation is 2. The Labute approximate surface area is 120 Å². The molecule has 108 valence electrons. The molecular formula is C14H15ClF2N2O. The van der Waals surface area contributed by atoms with E-state index >= 15 is 0 Å². The molecule has 1 aromatic heterocycles. The van der Waals surface area contributed by atoms with Gasteiger partial charge in [0.1, 0.15) is 11.6 Å². The molecule has 1 aromatic carbocycles. The summed E-state index contributed by atoms with van der Waals surface area (Å²) < 4.78 is 28.8. The summed E-state index contributed by atoms with van der Waals surface area (Å²) >= 11 is 6.16. The van der Waals surface area contributed by atoms with E-state index in [1.807, 2.05) is 6.92 Å². The van der Waals surface area contributed by atoms with Gasteiger partial charge in [-0.25, -0.2) is 8.78 Å². The van der Waals surface area contributed by atoms with Crippen LogP contribution in [-0.2, 0) is 19.9 Å². The van der Waals surface area contributed by atoms with E-state index in [4.69, 9.17) is 11.6 Å². The molecule has 0 saturated heterocycles. The van der Waals surface area contributed by atoms with Crippen LogP contribution >= 0.6 is 11.6 Å². The normalized spacial score (nSPS) is 12.7. The lowest BCUT2D eigenvalue weighted by atomic mass is 10.0. The van der Waals surface area contributed by atoms with Crippen molar-refractivity contribution in [1.29, 1.82) is 0 Å². The van der Waals surface area contributed by atoms with Gasteiger partial charge >= 0.3 is 0 Å². The molecule has 3 nitrogen and oxygen atoms in total. The van der Waals surface area contributed by atoms with Gasteiger partial charge in [-0.3, -0.25) is 4.68 Å². The van der Waals surface area contributed by atoms with Crippen LogP contribution < -0.4 is 0 Å². The number of aliphatic hydroxyl groups excluding tert-OH is 1. The number of hydrogen-bond donors (Lipinski definition) is 1. The molecule has 1 N–H and O–H groups in total. The molecule has 2 aromatic rings. The minimum absolute atomic E-state index is 0.000185. The number of hydrogen-bond acceptors (Lipinski definition) is 2. The molecule has 0 amide bonds. The molecule has 2 rings (SSSR count). The van der Waals surface area contributed by atoms with Crippen LogP contribution in [0.4, 0.5) is 8.78 Å². The fraction of sp³-hybridized carbons (Fsp3) is 0.357. The second-order valence-corrected chi connectivity index (χ2v) is 4.92. The summed E-state index contributed by atoms with van der Waals surface area (Å²) in [6, 6.07) is 3.49. The Morgan fingerprint density at radius 3 is 2.45 bits per heavy atom. The predicted octanol–water partition coefficient (Wildman–Crippen LogP) is 3.19. The standard InChI is InChI=1S/C14H15ClF2N2O/c1-3-10-14(15)11(19(2)18-10)7-12(20)13-8(16)5-4-6-9(13)17/h4-6,12,20H,3,7H2,1-2H3. The maximum atomic E-state index is 13.6. The van der Waals surface area contributed by atoms with Gasteiger partial charge in [-0.2, -0.15) is 5.10 Å². The van der Waals surface area contributed by atoms with Crippen molar-refractivity contribution in [2.75, 3.05) is 0 Å². The van der Waals surface area contributed by atoms with E-state index in [0.717, 1.165) is 12.1 Å². The Balaban J connectivity index is 2.33. The molecule has 0 aliphatic heterocycles. The first-order valence-corrected chi connectivity index (χ1v) is 6.65. The van der Waals surface area contributed by atoms with E-state index in [2.05, 4.69) is 5.10 Å². The monoisotopic (exact) mass is 300 g/mol. The molecular weight excluding hydrogens is 286 g/mol. The molecule has 0 fully saturated rings. The minimum atomic E-state index is -1.31. The second-order valence-electron chi connectivity index (χ2n) is 4.54. The topological polar surface area (TPSA) is 38.0 Å². The van der Waals surface area contributed by atoms with Crippen LogP contribution in [0.15, 0.2) is 18.2 Å². The number of halogens is 3. The summed E-state index contributed by atoms with van der Waals surface area (Å²) in [4.78, 5) is 0. The van der Waals surface area contributed by atoms with Crippen molar-refractivity contribution in [1.82, 2.24) is 9.78 Å². The zero-order chi connectivity index (χ0) is 14.9. The van der Waals surface area contributed by atoms with Crippen molar-refractivity contribution in [2.45, 2.75) is 25.9 Å². The zero-order valence-corrected chi connectivity index (χ0v) is 12.0. The van der Waals surface area contributed by atoms with Gasteiger partial charge in [-0.1, -0.05) is 24.6 Å². The lowest BCUT2D eigenvalue weighted by molar-refractivity contribution is 0.166. The van der Waals surface area contributed by atoms with Gasteiger partial charge < -0.3 is 5.11 Å². The molecule has 0 aliphatic carbocycles. The summed E-state index contributed by atoms with van der Waals surface area (Å²) in [7, 11) is 1.69. The highest BCUT2D eigenvalue weighted by Crippen LogP contribution is 2.28. The van der Waals surface area contributed by atoms with Gasteiger partial charge in [0, 0.05) is 13.5 Å². The molecule has 0 radical (unpaired) electrons. The van der Waals surface area contributed by atoms with Crippen LogP contribution in [0.5, 0.6) is 0 Å². The minimum Gasteiger partial charge on any atom is -0.388 e. The van der Waals surface area contributed by atoms with Crippen LogP contribution in [0.2, 0.25) is 5.02 Å². The molecule has 6 heteroatoms. The van der Waals surface area contributed by atoms with Crippen molar-refractivity contribution in [3.63, 3.8) is 0 Å². The van der Waals surface area contributed by atoms with Crippen molar-refractivity contribution in [3.05, 3.63) is 51.8 Å². The third kappa shape index (κ3) is 2.69. The van der Waals surface area contributed by atoms with E-state index in [0.29, 0.717) is 22.8 Å². The highest BCUT2D eigenvalue weighted by molar-refractivity contribution is 6.31. The lowest BCUT2D eigenvalue weighted by Crippen LogP contribution is -2.10. The van der Waals surface area contributed by atoms with Crippen molar-refractivity contribution in [3.8, 4) is 0 Å². The number of rotatable bonds is 4. The van der Waals surface area contributed by atoms with E-state index in [9.17, 15) is 13.9 Å². The van der Waals surface area contributed by atoms with Gasteiger partial charge in [0.25, 0.3) is 0 Å². The summed E-state index contributed by atoms with van der Waals surface area (Å²) in [6.07, 6.45) is -0.661. The lowest BCUT2D eigenvalue weighted by Gasteiger charge is -2.13. The number of aliphatic hydroxyl groups is 1. The van der Waals surface area contributed by atoms with Crippen LogP contribution in [-0.4, -0.2) is 14.9 Å². The van der Waals surface area contributed by atoms with Crippen molar-refractivity contribution < 1.29 is 13.9 Å². The van der Waals surface area contributed by atoms with E-state index in [1.54, 1.807) is 7.05 Å². The van der Waals surface area contributed by atoms with Crippen LogP contribution in [0.3, 0.4) is 0 Å². The first-order chi connectivity index (χ1) is 9.45. The Bertz CT molecular complexity index is 608. The molecule has 1 heterocycles. The van der Waals surface area contributed by atoms with Crippen molar-refractivity contribution >= 4 is 11.6 Å². The Kier molecular flexibility index (Phi) is 4.40. The third-order valence-electron chi connectivity index (χ3n) is 3.22. The molecule has 1 atom stereocenters. The first-order valence-electron chi connectivity index (χ1n) is 6.27. The van der Waals surface area contributed by atoms with Gasteiger partial charge in [0.05, 0.1) is 28.1 Å². The molecule has 1 unspecified atom stereocenters. The van der Waals surface area contributed by atoms with E-state index in [1.165, 1.54) is 10.7 Å². The summed E-state index contributed by atoms with van der Waals surface area (Å²) in [5, 5.41) is 14.7. The first kappa shape index (κ1) is 14.9. The van der Waals surface area contributed by atoms with E-state index in [-0.39, 0.29) is 12.0 Å². The molecule has 0 spiro atoms. The van der Waals surface area contributed by atoms with Gasteiger partial charge in [0.15, 0.2) is 0 Å². The summed E-state index contributed by atoms with van der Waals surface area (Å²) in [5.41, 5.74) is 0.909. The maximum absolute atomic E-state index is 13.6. The Morgan fingerprint density at radius 1 is 1.35 bits per heavy atom. The quantitative estimate of drug-likeness (QED) is 0.941. The average Bonchev–Trinajstić information content (AvgIpc) is 2.66. The molecule has 0 aliphatic rings. The third-order valence-corrected chi connectivity index (χ3v) is 3.66. The summed E-state index contributed by atoms with van der Waals surface area (Å²) in [5.74, 6) is -1.54. The zero-order valence-electron chi connectivity index (χ0n) is 11.2.